The number of ether oxygens (including phenoxy) is 1. The Morgan fingerprint density at radius 3 is 2.67 bits per heavy atom. The fourth-order valence-electron chi connectivity index (χ4n) is 2.39. The number of hydrogen-bond donors (Lipinski definition) is 1. The van der Waals surface area contributed by atoms with Crippen LogP contribution in [0.25, 0.3) is 0 Å². The van der Waals surface area contributed by atoms with Crippen LogP contribution < -0.4 is 10.1 Å². The van der Waals surface area contributed by atoms with Crippen molar-refractivity contribution in [3.8, 4) is 5.75 Å². The molecule has 114 valence electrons. The van der Waals surface area contributed by atoms with Crippen LogP contribution in [0.5, 0.6) is 5.75 Å². The molecule has 2 rings (SSSR count). The van der Waals surface area contributed by atoms with Gasteiger partial charge in [-0.1, -0.05) is 6.07 Å². The fraction of sp³-hybridized carbons (Fsp3) is 0.438. The smallest absolute Gasteiger partial charge is 0.165 e. The second-order valence-electron chi connectivity index (χ2n) is 5.27. The molecule has 1 aromatic carbocycles. The minimum atomic E-state index is -0.340. The first-order chi connectivity index (χ1) is 9.93. The third-order valence-electron chi connectivity index (χ3n) is 3.92. The number of nitrogens with one attached hydrogen (secondary N) is 1. The van der Waals surface area contributed by atoms with E-state index in [-0.39, 0.29) is 17.6 Å². The van der Waals surface area contributed by atoms with Crippen molar-refractivity contribution < 1.29 is 9.13 Å². The van der Waals surface area contributed by atoms with Crippen LogP contribution in [0.1, 0.15) is 35.5 Å². The lowest BCUT2D eigenvalue weighted by Crippen LogP contribution is -2.19. The molecule has 1 unspecified atom stereocenters. The summed E-state index contributed by atoms with van der Waals surface area (Å²) in [5.41, 5.74) is 4.39. The first-order valence-corrected chi connectivity index (χ1v) is 7.00. The predicted molar refractivity (Wildman–Crippen MR) is 80.9 cm³/mol. The molecule has 0 radical (unpaired) electrons. The molecule has 0 fully saturated rings. The third kappa shape index (κ3) is 3.24. The highest BCUT2D eigenvalue weighted by Crippen LogP contribution is 2.23. The van der Waals surface area contributed by atoms with E-state index in [1.165, 1.54) is 18.7 Å². The molecule has 4 nitrogen and oxygen atoms in total. The summed E-state index contributed by atoms with van der Waals surface area (Å²) >= 11 is 0. The average molecular weight is 291 g/mol. The van der Waals surface area contributed by atoms with Gasteiger partial charge in [-0.15, -0.1) is 0 Å². The minimum Gasteiger partial charge on any atom is -0.494 e. The Hall–Kier alpha value is -1.88. The van der Waals surface area contributed by atoms with E-state index in [1.54, 1.807) is 12.1 Å². The number of nitrogens with zero attached hydrogens (tertiary/aromatic N) is 2. The van der Waals surface area contributed by atoms with E-state index in [1.807, 2.05) is 25.6 Å². The van der Waals surface area contributed by atoms with Crippen molar-refractivity contribution in [2.24, 2.45) is 7.05 Å². The van der Waals surface area contributed by atoms with Crippen molar-refractivity contribution in [3.05, 3.63) is 46.5 Å². The quantitative estimate of drug-likeness (QED) is 0.920. The van der Waals surface area contributed by atoms with Crippen molar-refractivity contribution in [3.63, 3.8) is 0 Å². The van der Waals surface area contributed by atoms with Crippen LogP contribution in [0.3, 0.4) is 0 Å². The zero-order chi connectivity index (χ0) is 15.6. The van der Waals surface area contributed by atoms with E-state index in [0.717, 1.165) is 23.5 Å². The summed E-state index contributed by atoms with van der Waals surface area (Å²) in [5, 5.41) is 7.86. The molecule has 0 saturated carbocycles. The number of aryl methyl sites for hydroxylation is 2. The van der Waals surface area contributed by atoms with Crippen LogP contribution >= 0.6 is 0 Å². The maximum Gasteiger partial charge on any atom is 0.165 e. The maximum atomic E-state index is 13.4. The fourth-order valence-corrected chi connectivity index (χ4v) is 2.39. The Bertz CT molecular complexity index is 637. The van der Waals surface area contributed by atoms with Gasteiger partial charge < -0.3 is 10.1 Å². The van der Waals surface area contributed by atoms with Crippen molar-refractivity contribution in [1.82, 2.24) is 15.1 Å². The molecule has 0 bridgehead atoms. The third-order valence-corrected chi connectivity index (χ3v) is 3.92. The van der Waals surface area contributed by atoms with Crippen LogP contribution in [0, 0.1) is 19.7 Å². The predicted octanol–water partition coefficient (Wildman–Crippen LogP) is 3.04. The second kappa shape index (κ2) is 6.26. The van der Waals surface area contributed by atoms with E-state index in [4.69, 9.17) is 4.74 Å². The minimum absolute atomic E-state index is 0.0958. The van der Waals surface area contributed by atoms with Crippen molar-refractivity contribution in [2.75, 3.05) is 7.11 Å². The van der Waals surface area contributed by atoms with Gasteiger partial charge in [0.2, 0.25) is 0 Å². The van der Waals surface area contributed by atoms with Crippen molar-refractivity contribution in [1.29, 1.82) is 0 Å². The normalized spacial score (nSPS) is 12.5. The lowest BCUT2D eigenvalue weighted by molar-refractivity contribution is 0.385. The zero-order valence-electron chi connectivity index (χ0n) is 13.2. The van der Waals surface area contributed by atoms with Gasteiger partial charge in [0.15, 0.2) is 11.6 Å². The van der Waals surface area contributed by atoms with Gasteiger partial charge in [-0.05, 0) is 38.5 Å². The molecule has 0 aliphatic rings. The molecule has 5 heteroatoms. The summed E-state index contributed by atoms with van der Waals surface area (Å²) < 4.78 is 20.3. The number of benzene rings is 1. The molecule has 0 amide bonds. The summed E-state index contributed by atoms with van der Waals surface area (Å²) in [4.78, 5) is 0. The van der Waals surface area contributed by atoms with E-state index < -0.39 is 0 Å². The van der Waals surface area contributed by atoms with E-state index in [0.29, 0.717) is 0 Å². The van der Waals surface area contributed by atoms with Gasteiger partial charge in [-0.25, -0.2) is 4.39 Å². The lowest BCUT2D eigenvalue weighted by atomic mass is 10.1. The highest BCUT2D eigenvalue weighted by atomic mass is 19.1. The molecule has 0 saturated heterocycles. The van der Waals surface area contributed by atoms with E-state index >= 15 is 0 Å². The average Bonchev–Trinajstić information content (AvgIpc) is 2.70. The van der Waals surface area contributed by atoms with Crippen LogP contribution in [0.2, 0.25) is 0 Å². The highest BCUT2D eigenvalue weighted by Gasteiger charge is 2.13. The van der Waals surface area contributed by atoms with Gasteiger partial charge in [0.05, 0.1) is 12.8 Å². The Labute approximate surface area is 124 Å². The Balaban J connectivity index is 2.09. The summed E-state index contributed by atoms with van der Waals surface area (Å²) in [6, 6.07) is 5.04. The topological polar surface area (TPSA) is 39.1 Å². The van der Waals surface area contributed by atoms with Gasteiger partial charge in [0.25, 0.3) is 0 Å². The summed E-state index contributed by atoms with van der Waals surface area (Å²) in [6.45, 7) is 6.85. The maximum absolute atomic E-state index is 13.4. The van der Waals surface area contributed by atoms with Gasteiger partial charge in [-0.2, -0.15) is 5.10 Å². The molecule has 21 heavy (non-hydrogen) atoms. The largest absolute Gasteiger partial charge is 0.494 e. The number of aromatic nitrogens is 2. The van der Waals surface area contributed by atoms with E-state index in [9.17, 15) is 4.39 Å². The number of rotatable bonds is 5. The highest BCUT2D eigenvalue weighted by molar-refractivity contribution is 5.32. The molecule has 1 heterocycles. The zero-order valence-corrected chi connectivity index (χ0v) is 13.2. The monoisotopic (exact) mass is 291 g/mol. The van der Waals surface area contributed by atoms with Crippen molar-refractivity contribution >= 4 is 0 Å². The summed E-state index contributed by atoms with van der Waals surface area (Å²) in [6.07, 6.45) is 0. The first kappa shape index (κ1) is 15.5. The second-order valence-corrected chi connectivity index (χ2v) is 5.27. The molecule has 2 aromatic rings. The number of methoxy groups -OCH3 is 1. The molecule has 0 spiro atoms. The molecule has 0 aliphatic carbocycles. The summed E-state index contributed by atoms with van der Waals surface area (Å²) in [5.74, 6) is -0.0673. The molecule has 1 aromatic heterocycles. The van der Waals surface area contributed by atoms with E-state index in [2.05, 4.69) is 17.3 Å². The van der Waals surface area contributed by atoms with Gasteiger partial charge in [-0.3, -0.25) is 4.68 Å². The Kier molecular flexibility index (Phi) is 4.63. The van der Waals surface area contributed by atoms with Gasteiger partial charge >= 0.3 is 0 Å². The Morgan fingerprint density at radius 1 is 1.38 bits per heavy atom. The SMILES string of the molecule is COc1cc(C(C)NCc2c(C)nn(C)c2C)ccc1F. The first-order valence-electron chi connectivity index (χ1n) is 7.00. The van der Waals surface area contributed by atoms with Gasteiger partial charge in [0, 0.05) is 30.9 Å². The number of halogens is 1. The molecular formula is C16H22FN3O. The molecule has 1 N–H and O–H groups in total. The summed E-state index contributed by atoms with van der Waals surface area (Å²) in [7, 11) is 3.42. The van der Waals surface area contributed by atoms with Gasteiger partial charge in [0.1, 0.15) is 0 Å². The molecule has 1 atom stereocenters. The standard InChI is InChI=1S/C16H22FN3O/c1-10(13-6-7-15(17)16(8-13)21-5)18-9-14-11(2)19-20(4)12(14)3/h6-8,10,18H,9H2,1-5H3. The Morgan fingerprint density at radius 2 is 2.10 bits per heavy atom. The van der Waals surface area contributed by atoms with Crippen molar-refractivity contribution in [2.45, 2.75) is 33.4 Å². The van der Waals surface area contributed by atoms with Crippen LogP contribution in [-0.2, 0) is 13.6 Å². The van der Waals surface area contributed by atoms with Crippen LogP contribution in [0.15, 0.2) is 18.2 Å². The number of hydrogen-bond acceptors (Lipinski definition) is 3. The molecular weight excluding hydrogens is 269 g/mol. The van der Waals surface area contributed by atoms with Crippen LogP contribution in [-0.4, -0.2) is 16.9 Å². The molecule has 0 aliphatic heterocycles. The van der Waals surface area contributed by atoms with Crippen LogP contribution in [0.4, 0.5) is 4.39 Å². The lowest BCUT2D eigenvalue weighted by Gasteiger charge is -2.15.